The molecule has 94 valence electrons. The van der Waals surface area contributed by atoms with Gasteiger partial charge in [0.2, 0.25) is 5.91 Å². The molecule has 1 fully saturated rings. The van der Waals surface area contributed by atoms with Crippen LogP contribution in [0.15, 0.2) is 0 Å². The third-order valence-corrected chi connectivity index (χ3v) is 3.80. The number of hydrogen-bond acceptors (Lipinski definition) is 2. The Morgan fingerprint density at radius 1 is 1.56 bits per heavy atom. The predicted molar refractivity (Wildman–Crippen MR) is 67.0 cm³/mol. The number of carbonyl (C=O) groups is 1. The Balaban J connectivity index is 2.40. The van der Waals surface area contributed by atoms with Gasteiger partial charge in [0.15, 0.2) is 0 Å². The van der Waals surface area contributed by atoms with Gasteiger partial charge in [-0.25, -0.2) is 0 Å². The van der Waals surface area contributed by atoms with Crippen LogP contribution in [0.25, 0.3) is 0 Å². The van der Waals surface area contributed by atoms with E-state index in [9.17, 15) is 4.79 Å². The molecule has 0 aliphatic heterocycles. The average molecular weight is 226 g/mol. The molecule has 16 heavy (non-hydrogen) atoms. The smallest absolute Gasteiger partial charge is 0.223 e. The zero-order valence-electron chi connectivity index (χ0n) is 10.9. The third kappa shape index (κ3) is 3.48. The second kappa shape index (κ2) is 5.67. The maximum atomic E-state index is 12.1. The van der Waals surface area contributed by atoms with Gasteiger partial charge < -0.3 is 11.1 Å². The van der Waals surface area contributed by atoms with Crippen molar-refractivity contribution in [3.05, 3.63) is 0 Å². The lowest BCUT2D eigenvalue weighted by atomic mass is 9.81. The van der Waals surface area contributed by atoms with Crippen LogP contribution in [0, 0.1) is 11.3 Å². The molecule has 1 rings (SSSR count). The normalized spacial score (nSPS) is 25.4. The Bertz CT molecular complexity index is 238. The van der Waals surface area contributed by atoms with E-state index in [2.05, 4.69) is 26.1 Å². The van der Waals surface area contributed by atoms with E-state index in [1.165, 1.54) is 12.8 Å². The quantitative estimate of drug-likeness (QED) is 0.754. The molecule has 3 nitrogen and oxygen atoms in total. The van der Waals surface area contributed by atoms with Gasteiger partial charge in [0.1, 0.15) is 0 Å². The van der Waals surface area contributed by atoms with Gasteiger partial charge in [-0.1, -0.05) is 20.3 Å². The molecule has 0 saturated heterocycles. The molecule has 3 heteroatoms. The van der Waals surface area contributed by atoms with Crippen LogP contribution in [0.5, 0.6) is 0 Å². The van der Waals surface area contributed by atoms with E-state index < -0.39 is 0 Å². The Morgan fingerprint density at radius 2 is 2.25 bits per heavy atom. The van der Waals surface area contributed by atoms with Crippen molar-refractivity contribution in [1.29, 1.82) is 0 Å². The van der Waals surface area contributed by atoms with Crippen molar-refractivity contribution in [2.24, 2.45) is 17.1 Å². The van der Waals surface area contributed by atoms with Crippen LogP contribution in [-0.4, -0.2) is 18.5 Å². The lowest BCUT2D eigenvalue weighted by Gasteiger charge is -2.27. The Kier molecular flexibility index (Phi) is 4.78. The zero-order valence-corrected chi connectivity index (χ0v) is 10.9. The molecule has 1 amide bonds. The molecule has 1 aliphatic rings. The summed E-state index contributed by atoms with van der Waals surface area (Å²) in [5.74, 6) is 0.444. The molecule has 0 aromatic rings. The fourth-order valence-electron chi connectivity index (χ4n) is 2.65. The van der Waals surface area contributed by atoms with Gasteiger partial charge in [-0.3, -0.25) is 4.79 Å². The molecule has 1 aliphatic carbocycles. The van der Waals surface area contributed by atoms with E-state index in [0.29, 0.717) is 6.54 Å². The topological polar surface area (TPSA) is 55.1 Å². The minimum atomic E-state index is 0.178. The fraction of sp³-hybridized carbons (Fsp3) is 0.923. The first-order chi connectivity index (χ1) is 7.47. The van der Waals surface area contributed by atoms with Crippen LogP contribution < -0.4 is 11.1 Å². The van der Waals surface area contributed by atoms with E-state index in [4.69, 9.17) is 5.73 Å². The molecule has 2 unspecified atom stereocenters. The van der Waals surface area contributed by atoms with Crippen LogP contribution in [0.4, 0.5) is 0 Å². The number of nitrogens with one attached hydrogen (secondary N) is 1. The summed E-state index contributed by atoms with van der Waals surface area (Å²) >= 11 is 0. The summed E-state index contributed by atoms with van der Waals surface area (Å²) in [5, 5.41) is 3.12. The summed E-state index contributed by atoms with van der Waals surface area (Å²) in [6, 6.07) is 0.257. The van der Waals surface area contributed by atoms with Crippen molar-refractivity contribution in [2.75, 3.05) is 6.54 Å². The number of nitrogens with two attached hydrogens (primary N) is 1. The molecule has 2 atom stereocenters. The molecular weight excluding hydrogens is 200 g/mol. The second-order valence-electron chi connectivity index (χ2n) is 5.77. The van der Waals surface area contributed by atoms with Crippen molar-refractivity contribution >= 4 is 5.91 Å². The lowest BCUT2D eigenvalue weighted by Crippen LogP contribution is -2.40. The molecule has 3 N–H and O–H groups in total. The number of hydrogen-bond donors (Lipinski definition) is 2. The minimum Gasteiger partial charge on any atom is -0.353 e. The molecule has 1 saturated carbocycles. The van der Waals surface area contributed by atoms with Crippen LogP contribution in [0.3, 0.4) is 0 Å². The lowest BCUT2D eigenvalue weighted by molar-refractivity contribution is -0.128. The van der Waals surface area contributed by atoms with Gasteiger partial charge in [0.05, 0.1) is 0 Å². The predicted octanol–water partition coefficient (Wildman–Crippen LogP) is 2.06. The summed E-state index contributed by atoms with van der Waals surface area (Å²) in [7, 11) is 0. The van der Waals surface area contributed by atoms with Crippen molar-refractivity contribution in [1.82, 2.24) is 5.32 Å². The van der Waals surface area contributed by atoms with Crippen molar-refractivity contribution in [2.45, 2.75) is 58.9 Å². The SMILES string of the molecule is CC(CCCN)NC(=O)C1CCCC1(C)C. The Morgan fingerprint density at radius 3 is 2.75 bits per heavy atom. The van der Waals surface area contributed by atoms with E-state index in [1.807, 2.05) is 0 Å². The molecular formula is C13H26N2O. The number of rotatable bonds is 5. The fourth-order valence-corrected chi connectivity index (χ4v) is 2.65. The van der Waals surface area contributed by atoms with Gasteiger partial charge >= 0.3 is 0 Å². The van der Waals surface area contributed by atoms with E-state index in [-0.39, 0.29) is 23.3 Å². The Hall–Kier alpha value is -0.570. The summed E-state index contributed by atoms with van der Waals surface area (Å²) < 4.78 is 0. The second-order valence-corrected chi connectivity index (χ2v) is 5.77. The van der Waals surface area contributed by atoms with E-state index in [1.54, 1.807) is 0 Å². The maximum absolute atomic E-state index is 12.1. The molecule has 0 aromatic carbocycles. The molecule has 0 bridgehead atoms. The van der Waals surface area contributed by atoms with Crippen LogP contribution in [0.1, 0.15) is 52.9 Å². The summed E-state index contributed by atoms with van der Waals surface area (Å²) in [5.41, 5.74) is 5.64. The van der Waals surface area contributed by atoms with Crippen molar-refractivity contribution in [3.63, 3.8) is 0 Å². The average Bonchev–Trinajstić information content (AvgIpc) is 2.55. The van der Waals surface area contributed by atoms with Crippen LogP contribution in [-0.2, 0) is 4.79 Å². The summed E-state index contributed by atoms with van der Waals surface area (Å²) in [6.07, 6.45) is 5.36. The van der Waals surface area contributed by atoms with Crippen molar-refractivity contribution in [3.8, 4) is 0 Å². The molecule has 0 spiro atoms. The van der Waals surface area contributed by atoms with Crippen LogP contribution >= 0.6 is 0 Å². The minimum absolute atomic E-state index is 0.178. The van der Waals surface area contributed by atoms with E-state index >= 15 is 0 Å². The highest BCUT2D eigenvalue weighted by Crippen LogP contribution is 2.42. The highest BCUT2D eigenvalue weighted by molar-refractivity contribution is 5.80. The molecule has 0 radical (unpaired) electrons. The maximum Gasteiger partial charge on any atom is 0.223 e. The highest BCUT2D eigenvalue weighted by Gasteiger charge is 2.39. The van der Waals surface area contributed by atoms with E-state index in [0.717, 1.165) is 19.3 Å². The largest absolute Gasteiger partial charge is 0.353 e. The van der Waals surface area contributed by atoms with Gasteiger partial charge in [0.25, 0.3) is 0 Å². The molecule has 0 heterocycles. The van der Waals surface area contributed by atoms with Crippen LogP contribution in [0.2, 0.25) is 0 Å². The number of amides is 1. The van der Waals surface area contributed by atoms with Gasteiger partial charge in [-0.2, -0.15) is 0 Å². The first kappa shape index (κ1) is 13.5. The Labute approximate surface area is 99.2 Å². The van der Waals surface area contributed by atoms with Gasteiger partial charge in [0, 0.05) is 12.0 Å². The van der Waals surface area contributed by atoms with Crippen molar-refractivity contribution < 1.29 is 4.79 Å². The monoisotopic (exact) mass is 226 g/mol. The first-order valence-electron chi connectivity index (χ1n) is 6.48. The third-order valence-electron chi connectivity index (χ3n) is 3.80. The molecule has 0 aromatic heterocycles. The standard InChI is InChI=1S/C13H26N2O/c1-10(6-5-9-14)15-12(16)11-7-4-8-13(11,2)3/h10-11H,4-9,14H2,1-3H3,(H,15,16). The number of carbonyl (C=O) groups excluding carboxylic acids is 1. The van der Waals surface area contributed by atoms with Gasteiger partial charge in [-0.15, -0.1) is 0 Å². The zero-order chi connectivity index (χ0) is 12.2. The van der Waals surface area contributed by atoms with Gasteiger partial charge in [-0.05, 0) is 44.6 Å². The summed E-state index contributed by atoms with van der Waals surface area (Å²) in [4.78, 5) is 12.1. The highest BCUT2D eigenvalue weighted by atomic mass is 16.2. The summed E-state index contributed by atoms with van der Waals surface area (Å²) in [6.45, 7) is 7.17. The first-order valence-corrected chi connectivity index (χ1v) is 6.48.